The van der Waals surface area contributed by atoms with Gasteiger partial charge in [0.2, 0.25) is 5.91 Å². The van der Waals surface area contributed by atoms with E-state index in [-0.39, 0.29) is 18.0 Å². The van der Waals surface area contributed by atoms with Crippen molar-refractivity contribution in [3.8, 4) is 0 Å². The number of amides is 1. The van der Waals surface area contributed by atoms with E-state index in [1.54, 1.807) is 0 Å². The third-order valence-electron chi connectivity index (χ3n) is 3.65. The second kappa shape index (κ2) is 7.62. The Labute approximate surface area is 129 Å². The van der Waals surface area contributed by atoms with Gasteiger partial charge in [0.05, 0.1) is 5.69 Å². The number of nitrogens with one attached hydrogen (secondary N) is 1. The fourth-order valence-electron chi connectivity index (χ4n) is 2.82. The minimum Gasteiger partial charge on any atom is -0.352 e. The molecule has 4 nitrogen and oxygen atoms in total. The summed E-state index contributed by atoms with van der Waals surface area (Å²) in [4.78, 5) is 12.5. The number of aryl methyl sites for hydroxylation is 2. The van der Waals surface area contributed by atoms with Gasteiger partial charge in [-0.3, -0.25) is 9.48 Å². The lowest BCUT2D eigenvalue weighted by Gasteiger charge is -2.24. The third kappa shape index (κ3) is 5.52. The molecule has 0 bridgehead atoms. The molecular formula is C17H31N3O. The molecule has 0 aliphatic carbocycles. The molecule has 1 rings (SSSR count). The van der Waals surface area contributed by atoms with Crippen molar-refractivity contribution in [1.29, 1.82) is 0 Å². The maximum atomic E-state index is 12.5. The fourth-order valence-corrected chi connectivity index (χ4v) is 2.82. The molecule has 0 saturated carbocycles. The van der Waals surface area contributed by atoms with Crippen LogP contribution in [0.1, 0.15) is 64.9 Å². The average Bonchev–Trinajstić information content (AvgIpc) is 2.65. The highest BCUT2D eigenvalue weighted by Gasteiger charge is 2.22. The number of nitrogens with zero attached hydrogens (tertiary/aromatic N) is 2. The molecule has 1 heterocycles. The van der Waals surface area contributed by atoms with Crippen molar-refractivity contribution in [2.45, 2.75) is 73.4 Å². The predicted octanol–water partition coefficient (Wildman–Crippen LogP) is 3.64. The molecule has 0 fully saturated rings. The predicted molar refractivity (Wildman–Crippen MR) is 87.3 cm³/mol. The van der Waals surface area contributed by atoms with Gasteiger partial charge in [-0.25, -0.2) is 0 Å². The molecule has 1 aromatic heterocycles. The van der Waals surface area contributed by atoms with E-state index in [4.69, 9.17) is 0 Å². The second-order valence-electron chi connectivity index (χ2n) is 7.01. The normalized spacial score (nSPS) is 13.2. The molecule has 0 saturated heterocycles. The van der Waals surface area contributed by atoms with Crippen LogP contribution >= 0.6 is 0 Å². The number of hydrogen-bond acceptors (Lipinski definition) is 2. The molecule has 4 heteroatoms. The number of aromatic nitrogens is 2. The van der Waals surface area contributed by atoms with Crippen molar-refractivity contribution in [3.63, 3.8) is 0 Å². The topological polar surface area (TPSA) is 46.9 Å². The second-order valence-corrected chi connectivity index (χ2v) is 7.01. The third-order valence-corrected chi connectivity index (χ3v) is 3.65. The highest BCUT2D eigenvalue weighted by Crippen LogP contribution is 2.16. The first kappa shape index (κ1) is 17.7. The van der Waals surface area contributed by atoms with Gasteiger partial charge < -0.3 is 5.32 Å². The molecule has 0 spiro atoms. The molecule has 0 aliphatic rings. The summed E-state index contributed by atoms with van der Waals surface area (Å²) in [6, 6.07) is 1.99. The lowest BCUT2D eigenvalue weighted by atomic mass is 9.95. The molecule has 1 unspecified atom stereocenters. The molecule has 120 valence electrons. The van der Waals surface area contributed by atoms with E-state index in [1.165, 1.54) is 0 Å². The van der Waals surface area contributed by atoms with E-state index in [1.807, 2.05) is 31.5 Å². The van der Waals surface area contributed by atoms with Crippen LogP contribution in [0.25, 0.3) is 0 Å². The van der Waals surface area contributed by atoms with Crippen LogP contribution in [-0.4, -0.2) is 21.7 Å². The van der Waals surface area contributed by atoms with Gasteiger partial charge in [-0.05, 0) is 51.5 Å². The summed E-state index contributed by atoms with van der Waals surface area (Å²) < 4.78 is 1.81. The number of carbonyl (C=O) groups is 1. The van der Waals surface area contributed by atoms with Gasteiger partial charge >= 0.3 is 0 Å². The summed E-state index contributed by atoms with van der Waals surface area (Å²) in [5.41, 5.74) is 1.98. The maximum absolute atomic E-state index is 12.5. The van der Waals surface area contributed by atoms with Crippen LogP contribution in [-0.2, 0) is 4.79 Å². The zero-order valence-corrected chi connectivity index (χ0v) is 14.6. The van der Waals surface area contributed by atoms with Gasteiger partial charge in [0, 0.05) is 11.7 Å². The van der Waals surface area contributed by atoms with Crippen molar-refractivity contribution in [1.82, 2.24) is 15.1 Å². The van der Waals surface area contributed by atoms with E-state index in [9.17, 15) is 4.79 Å². The quantitative estimate of drug-likeness (QED) is 0.834. The minimum absolute atomic E-state index is 0.0625. The average molecular weight is 293 g/mol. The molecule has 0 aliphatic heterocycles. The minimum atomic E-state index is -0.263. The van der Waals surface area contributed by atoms with Crippen LogP contribution in [0.3, 0.4) is 0 Å². The Balaban J connectivity index is 2.73. The molecule has 1 atom stereocenters. The zero-order valence-electron chi connectivity index (χ0n) is 14.6. The largest absolute Gasteiger partial charge is 0.352 e. The molecule has 21 heavy (non-hydrogen) atoms. The Bertz CT molecular complexity index is 453. The van der Waals surface area contributed by atoms with Crippen molar-refractivity contribution < 1.29 is 4.79 Å². The summed E-state index contributed by atoms with van der Waals surface area (Å²) >= 11 is 0. The van der Waals surface area contributed by atoms with Crippen LogP contribution < -0.4 is 5.32 Å². The van der Waals surface area contributed by atoms with E-state index in [0.29, 0.717) is 11.8 Å². The number of hydrogen-bond donors (Lipinski definition) is 1. The smallest absolute Gasteiger partial charge is 0.244 e. The highest BCUT2D eigenvalue weighted by atomic mass is 16.2. The maximum Gasteiger partial charge on any atom is 0.244 e. The van der Waals surface area contributed by atoms with Gasteiger partial charge in [0.1, 0.15) is 6.04 Å². The standard InChI is InChI=1S/C17H31N3O/c1-11(2)8-16(9-12(3)4)18-17(21)15(7)20-14(6)10-13(5)19-20/h10-12,15-16H,8-9H2,1-7H3,(H,18,21). The monoisotopic (exact) mass is 293 g/mol. The van der Waals surface area contributed by atoms with Crippen LogP contribution in [0.15, 0.2) is 6.07 Å². The van der Waals surface area contributed by atoms with Crippen molar-refractivity contribution in [2.24, 2.45) is 11.8 Å². The van der Waals surface area contributed by atoms with Gasteiger partial charge in [-0.2, -0.15) is 5.10 Å². The summed E-state index contributed by atoms with van der Waals surface area (Å²) in [6.45, 7) is 14.6. The number of rotatable bonds is 7. The highest BCUT2D eigenvalue weighted by molar-refractivity contribution is 5.80. The first-order chi connectivity index (χ1) is 9.70. The Morgan fingerprint density at radius 3 is 2.05 bits per heavy atom. The fraction of sp³-hybridized carbons (Fsp3) is 0.765. The molecule has 1 N–H and O–H groups in total. The Kier molecular flexibility index (Phi) is 6.43. The molecular weight excluding hydrogens is 262 g/mol. The lowest BCUT2D eigenvalue weighted by molar-refractivity contribution is -0.125. The Morgan fingerprint density at radius 2 is 1.67 bits per heavy atom. The summed E-state index contributed by atoms with van der Waals surface area (Å²) in [5, 5.41) is 7.63. The van der Waals surface area contributed by atoms with Crippen LogP contribution in [0.4, 0.5) is 0 Å². The van der Waals surface area contributed by atoms with Gasteiger partial charge in [0.25, 0.3) is 0 Å². The SMILES string of the molecule is Cc1cc(C)n(C(C)C(=O)NC(CC(C)C)CC(C)C)n1. The van der Waals surface area contributed by atoms with Gasteiger partial charge in [-0.1, -0.05) is 27.7 Å². The van der Waals surface area contributed by atoms with Gasteiger partial charge in [-0.15, -0.1) is 0 Å². The molecule has 1 amide bonds. The lowest BCUT2D eigenvalue weighted by Crippen LogP contribution is -2.40. The van der Waals surface area contributed by atoms with Gasteiger partial charge in [0.15, 0.2) is 0 Å². The van der Waals surface area contributed by atoms with Crippen LogP contribution in [0, 0.1) is 25.7 Å². The zero-order chi connectivity index (χ0) is 16.2. The number of carbonyl (C=O) groups excluding carboxylic acids is 1. The van der Waals surface area contributed by atoms with Crippen LogP contribution in [0.5, 0.6) is 0 Å². The first-order valence-electron chi connectivity index (χ1n) is 8.03. The van der Waals surface area contributed by atoms with Crippen molar-refractivity contribution in [3.05, 3.63) is 17.5 Å². The Hall–Kier alpha value is -1.32. The van der Waals surface area contributed by atoms with E-state index in [2.05, 4.69) is 38.1 Å². The van der Waals surface area contributed by atoms with Crippen molar-refractivity contribution >= 4 is 5.91 Å². The van der Waals surface area contributed by atoms with E-state index < -0.39 is 0 Å². The van der Waals surface area contributed by atoms with Crippen molar-refractivity contribution in [2.75, 3.05) is 0 Å². The molecule has 1 aromatic rings. The van der Waals surface area contributed by atoms with Crippen LogP contribution in [0.2, 0.25) is 0 Å². The summed E-state index contributed by atoms with van der Waals surface area (Å²) in [7, 11) is 0. The first-order valence-corrected chi connectivity index (χ1v) is 8.03. The summed E-state index contributed by atoms with van der Waals surface area (Å²) in [5.74, 6) is 1.23. The summed E-state index contributed by atoms with van der Waals surface area (Å²) in [6.07, 6.45) is 2.04. The Morgan fingerprint density at radius 1 is 1.14 bits per heavy atom. The molecule has 0 radical (unpaired) electrons. The van der Waals surface area contributed by atoms with E-state index in [0.717, 1.165) is 24.2 Å². The molecule has 0 aromatic carbocycles. The van der Waals surface area contributed by atoms with E-state index >= 15 is 0 Å².